The third-order valence-electron chi connectivity index (χ3n) is 3.79. The minimum atomic E-state index is 0.314. The topological polar surface area (TPSA) is 12.0 Å². The van der Waals surface area contributed by atoms with Crippen LogP contribution in [0.25, 0.3) is 9.40 Å². The maximum absolute atomic E-state index is 3.74. The summed E-state index contributed by atoms with van der Waals surface area (Å²) in [5.41, 5.74) is 4.11. The average molecular weight is 316 g/mol. The van der Waals surface area contributed by atoms with E-state index in [0.717, 1.165) is 13.0 Å². The highest BCUT2D eigenvalue weighted by molar-refractivity contribution is 7.27. The minimum Gasteiger partial charge on any atom is -0.306 e. The molecule has 0 saturated heterocycles. The molecule has 110 valence electrons. The van der Waals surface area contributed by atoms with Gasteiger partial charge in [-0.05, 0) is 55.5 Å². The number of nitrogens with one attached hydrogen (secondary N) is 1. The first kappa shape index (κ1) is 14.8. The fourth-order valence-electron chi connectivity index (χ4n) is 2.65. The second-order valence-corrected chi connectivity index (χ2v) is 7.61. The van der Waals surface area contributed by atoms with Gasteiger partial charge in [0.15, 0.2) is 0 Å². The van der Waals surface area contributed by atoms with Gasteiger partial charge in [0.2, 0.25) is 0 Å². The molecular weight excluding hydrogens is 294 g/mol. The summed E-state index contributed by atoms with van der Waals surface area (Å²) in [6.07, 6.45) is 1.15. The Balaban J connectivity index is 2.04. The summed E-state index contributed by atoms with van der Waals surface area (Å²) in [7, 11) is 0. The Morgan fingerprint density at radius 1 is 1.10 bits per heavy atom. The predicted octanol–water partition coefficient (Wildman–Crippen LogP) is 5.67. The lowest BCUT2D eigenvalue weighted by molar-refractivity contribution is 0.603. The van der Waals surface area contributed by atoms with Crippen LogP contribution in [0.1, 0.15) is 41.0 Å². The van der Waals surface area contributed by atoms with Gasteiger partial charge >= 0.3 is 0 Å². The van der Waals surface area contributed by atoms with Crippen molar-refractivity contribution in [3.63, 3.8) is 0 Å². The first-order valence-corrected chi connectivity index (χ1v) is 9.16. The van der Waals surface area contributed by atoms with Gasteiger partial charge < -0.3 is 5.32 Å². The first-order chi connectivity index (χ1) is 10.2. The average Bonchev–Trinajstić information content (AvgIpc) is 3.04. The van der Waals surface area contributed by atoms with Crippen LogP contribution in [-0.4, -0.2) is 6.54 Å². The van der Waals surface area contributed by atoms with Crippen LogP contribution in [0.4, 0.5) is 0 Å². The van der Waals surface area contributed by atoms with E-state index in [0.29, 0.717) is 6.04 Å². The van der Waals surface area contributed by atoms with Crippen LogP contribution < -0.4 is 5.32 Å². The maximum atomic E-state index is 3.74. The fourth-order valence-corrected chi connectivity index (χ4v) is 4.86. The normalized spacial score (nSPS) is 12.9. The lowest BCUT2D eigenvalue weighted by atomic mass is 9.97. The van der Waals surface area contributed by atoms with E-state index < -0.39 is 0 Å². The van der Waals surface area contributed by atoms with E-state index in [-0.39, 0.29) is 0 Å². The zero-order valence-electron chi connectivity index (χ0n) is 12.8. The highest BCUT2D eigenvalue weighted by atomic mass is 32.1. The number of hydrogen-bond acceptors (Lipinski definition) is 3. The van der Waals surface area contributed by atoms with Gasteiger partial charge in [-0.25, -0.2) is 0 Å². The Hall–Kier alpha value is -1.16. The van der Waals surface area contributed by atoms with Crippen LogP contribution in [0.5, 0.6) is 0 Å². The lowest BCUT2D eigenvalue weighted by Crippen LogP contribution is -2.23. The molecule has 2 aromatic heterocycles. The van der Waals surface area contributed by atoms with Crippen molar-refractivity contribution >= 4 is 32.1 Å². The predicted molar refractivity (Wildman–Crippen MR) is 95.8 cm³/mol. The third-order valence-corrected chi connectivity index (χ3v) is 5.95. The van der Waals surface area contributed by atoms with Crippen LogP contribution in [-0.2, 0) is 0 Å². The first-order valence-electron chi connectivity index (χ1n) is 7.46. The van der Waals surface area contributed by atoms with E-state index in [9.17, 15) is 0 Å². The van der Waals surface area contributed by atoms with Crippen LogP contribution in [0, 0.1) is 13.8 Å². The summed E-state index contributed by atoms with van der Waals surface area (Å²) in [5.74, 6) is 0. The molecule has 0 spiro atoms. The van der Waals surface area contributed by atoms with Gasteiger partial charge in [0, 0.05) is 14.3 Å². The monoisotopic (exact) mass is 315 g/mol. The summed E-state index contributed by atoms with van der Waals surface area (Å²) in [4.78, 5) is 1.43. The number of benzene rings is 1. The Kier molecular flexibility index (Phi) is 4.43. The second kappa shape index (κ2) is 6.30. The molecular formula is C18H21NS2. The van der Waals surface area contributed by atoms with Crippen molar-refractivity contribution in [1.29, 1.82) is 0 Å². The molecule has 1 nitrogen and oxygen atoms in total. The molecule has 1 aromatic carbocycles. The number of fused-ring (bicyclic) bond motifs is 1. The second-order valence-electron chi connectivity index (χ2n) is 5.55. The number of thiophene rings is 2. The van der Waals surface area contributed by atoms with Crippen molar-refractivity contribution in [2.45, 2.75) is 33.2 Å². The van der Waals surface area contributed by atoms with Crippen LogP contribution in [0.2, 0.25) is 0 Å². The smallest absolute Gasteiger partial charge is 0.0674 e. The molecule has 3 heteroatoms. The fraction of sp³-hybridized carbons (Fsp3) is 0.333. The molecule has 2 heterocycles. The number of aryl methyl sites for hydroxylation is 2. The summed E-state index contributed by atoms with van der Waals surface area (Å²) >= 11 is 3.75. The van der Waals surface area contributed by atoms with Gasteiger partial charge in [-0.3, -0.25) is 0 Å². The Labute approximate surface area is 134 Å². The van der Waals surface area contributed by atoms with Crippen molar-refractivity contribution in [2.75, 3.05) is 6.54 Å². The molecule has 0 fully saturated rings. The molecule has 1 N–H and O–H groups in total. The van der Waals surface area contributed by atoms with Crippen molar-refractivity contribution < 1.29 is 0 Å². The molecule has 0 aliphatic carbocycles. The Morgan fingerprint density at radius 3 is 2.71 bits per heavy atom. The highest BCUT2D eigenvalue weighted by Gasteiger charge is 2.18. The molecule has 0 saturated carbocycles. The molecule has 3 rings (SSSR count). The lowest BCUT2D eigenvalue weighted by Gasteiger charge is -2.20. The molecule has 0 amide bonds. The van der Waals surface area contributed by atoms with E-state index in [4.69, 9.17) is 0 Å². The van der Waals surface area contributed by atoms with Crippen molar-refractivity contribution in [3.8, 4) is 0 Å². The van der Waals surface area contributed by atoms with Gasteiger partial charge in [0.25, 0.3) is 0 Å². The standard InChI is InChI=1S/C18H21NS2/c1-4-8-19-18(14-10-12(2)5-6-13(14)3)17-11-16-15(21-17)7-9-20-16/h5-7,9-11,18-19H,4,8H2,1-3H3. The van der Waals surface area contributed by atoms with Crippen LogP contribution in [0.3, 0.4) is 0 Å². The van der Waals surface area contributed by atoms with Gasteiger partial charge in [0.05, 0.1) is 6.04 Å². The summed E-state index contributed by atoms with van der Waals surface area (Å²) < 4.78 is 2.81. The molecule has 0 radical (unpaired) electrons. The SMILES string of the molecule is CCCNC(c1cc2sccc2s1)c1cc(C)ccc1C. The van der Waals surface area contributed by atoms with Gasteiger partial charge in [-0.15, -0.1) is 22.7 Å². The maximum Gasteiger partial charge on any atom is 0.0674 e. The number of hydrogen-bond donors (Lipinski definition) is 1. The van der Waals surface area contributed by atoms with E-state index in [1.54, 1.807) is 0 Å². The minimum absolute atomic E-state index is 0.314. The molecule has 1 unspecified atom stereocenters. The van der Waals surface area contributed by atoms with Crippen molar-refractivity contribution in [2.24, 2.45) is 0 Å². The molecule has 0 aliphatic rings. The molecule has 21 heavy (non-hydrogen) atoms. The van der Waals surface area contributed by atoms with Crippen LogP contribution >= 0.6 is 22.7 Å². The summed E-state index contributed by atoms with van der Waals surface area (Å²) in [6.45, 7) is 7.65. The summed E-state index contributed by atoms with van der Waals surface area (Å²) in [6, 6.07) is 11.7. The quantitative estimate of drug-likeness (QED) is 0.640. The van der Waals surface area contributed by atoms with Gasteiger partial charge in [0.1, 0.15) is 0 Å². The van der Waals surface area contributed by atoms with Crippen molar-refractivity contribution in [3.05, 3.63) is 57.3 Å². The van der Waals surface area contributed by atoms with Crippen LogP contribution in [0.15, 0.2) is 35.7 Å². The Bertz CT molecular complexity index is 710. The van der Waals surface area contributed by atoms with Gasteiger partial charge in [-0.1, -0.05) is 30.7 Å². The van der Waals surface area contributed by atoms with Crippen molar-refractivity contribution in [1.82, 2.24) is 5.32 Å². The summed E-state index contributed by atoms with van der Waals surface area (Å²) in [5, 5.41) is 5.91. The van der Waals surface area contributed by atoms with E-state index in [1.807, 2.05) is 22.7 Å². The zero-order valence-corrected chi connectivity index (χ0v) is 14.4. The molecule has 1 atom stereocenters. The van der Waals surface area contributed by atoms with E-state index in [1.165, 1.54) is 31.0 Å². The molecule has 0 bridgehead atoms. The Morgan fingerprint density at radius 2 is 1.95 bits per heavy atom. The zero-order chi connectivity index (χ0) is 14.8. The molecule has 3 aromatic rings. The van der Waals surface area contributed by atoms with Gasteiger partial charge in [-0.2, -0.15) is 0 Å². The van der Waals surface area contributed by atoms with E-state index >= 15 is 0 Å². The number of rotatable bonds is 5. The highest BCUT2D eigenvalue weighted by Crippen LogP contribution is 2.36. The molecule has 0 aliphatic heterocycles. The third kappa shape index (κ3) is 3.05. The van der Waals surface area contributed by atoms with E-state index in [2.05, 4.69) is 61.8 Å². The largest absolute Gasteiger partial charge is 0.306 e.